The van der Waals surface area contributed by atoms with Crippen LogP contribution in [0.15, 0.2) is 48.5 Å². The minimum absolute atomic E-state index is 0.000756. The van der Waals surface area contributed by atoms with Crippen molar-refractivity contribution in [1.29, 1.82) is 0 Å². The molecule has 47 heavy (non-hydrogen) atoms. The number of amides is 1. The third kappa shape index (κ3) is 14.1. The maximum absolute atomic E-state index is 12.2. The Hall–Kier alpha value is -2.78. The lowest BCUT2D eigenvalue weighted by Gasteiger charge is -2.43. The number of benzene rings is 2. The molecule has 0 spiro atoms. The molecule has 1 amide bonds. The number of hydrogen-bond donors (Lipinski definition) is 3. The number of nitrogens with one attached hydrogen (secondary N) is 1. The van der Waals surface area contributed by atoms with Crippen molar-refractivity contribution in [3.8, 4) is 0 Å². The number of aliphatic carboxylic acids is 1. The number of aliphatic hydroxyl groups is 1. The van der Waals surface area contributed by atoms with Gasteiger partial charge in [-0.15, -0.1) is 0 Å². The fourth-order valence-corrected chi connectivity index (χ4v) is 6.28. The second-order valence-electron chi connectivity index (χ2n) is 13.2. The van der Waals surface area contributed by atoms with Gasteiger partial charge in [-0.2, -0.15) is 0 Å². The first-order valence-electron chi connectivity index (χ1n) is 18.2. The second kappa shape index (κ2) is 22.0. The summed E-state index contributed by atoms with van der Waals surface area (Å²) in [6.07, 6.45) is 14.2. The molecule has 1 fully saturated rings. The van der Waals surface area contributed by atoms with Crippen LogP contribution in [0.1, 0.15) is 140 Å². The Kier molecular flexibility index (Phi) is 18.1. The van der Waals surface area contributed by atoms with Gasteiger partial charge in [0, 0.05) is 30.1 Å². The molecule has 1 heterocycles. The summed E-state index contributed by atoms with van der Waals surface area (Å²) in [5.74, 6) is -1.22. The van der Waals surface area contributed by atoms with Gasteiger partial charge in [0.2, 0.25) is 5.91 Å². The average Bonchev–Trinajstić information content (AvgIpc) is 3.08. The molecule has 1 aliphatic heterocycles. The first-order chi connectivity index (χ1) is 22.8. The second-order valence-corrected chi connectivity index (χ2v) is 13.2. The quantitative estimate of drug-likeness (QED) is 0.103. The molecule has 0 radical (unpaired) electrons. The number of ether oxygens (including phenoxy) is 2. The van der Waals surface area contributed by atoms with Crippen LogP contribution in [-0.4, -0.2) is 52.7 Å². The number of nitrogens with zero attached hydrogens (tertiary/aromatic N) is 1. The number of anilines is 1. The molecule has 0 unspecified atom stereocenters. The molecule has 2 aromatic rings. The van der Waals surface area contributed by atoms with Crippen LogP contribution in [0.3, 0.4) is 0 Å². The van der Waals surface area contributed by atoms with Gasteiger partial charge in [0.15, 0.2) is 6.29 Å². The zero-order valence-corrected chi connectivity index (χ0v) is 29.1. The predicted octanol–water partition coefficient (Wildman–Crippen LogP) is 8.80. The van der Waals surface area contributed by atoms with Gasteiger partial charge in [-0.05, 0) is 49.2 Å². The number of carbonyl (C=O) groups is 2. The normalized spacial score (nSPS) is 19.6. The molecule has 3 N–H and O–H groups in total. The van der Waals surface area contributed by atoms with Crippen LogP contribution >= 0.6 is 0 Å². The minimum Gasteiger partial charge on any atom is -0.481 e. The van der Waals surface area contributed by atoms with E-state index < -0.39 is 12.3 Å². The van der Waals surface area contributed by atoms with E-state index in [4.69, 9.17) is 14.6 Å². The number of hydrogen-bond acceptors (Lipinski definition) is 6. The highest BCUT2D eigenvalue weighted by Gasteiger charge is 2.39. The van der Waals surface area contributed by atoms with Gasteiger partial charge in [0.05, 0.1) is 25.2 Å². The van der Waals surface area contributed by atoms with Crippen LogP contribution in [0, 0.1) is 5.92 Å². The number of aliphatic hydroxyl groups excluding tert-OH is 1. The molecule has 1 aliphatic rings. The SMILES string of the molecule is CCCCCCCCN(CCCCCCCC)C[C@H]1O[C@@H](c2ccc(NC(=O)CCC(=O)O)cc2)O[C@@H](c2ccc(CO)cc2)[C@H]1C. The summed E-state index contributed by atoms with van der Waals surface area (Å²) in [7, 11) is 0. The van der Waals surface area contributed by atoms with E-state index in [1.165, 1.54) is 77.0 Å². The summed E-state index contributed by atoms with van der Waals surface area (Å²) < 4.78 is 13.4. The van der Waals surface area contributed by atoms with Crippen LogP contribution < -0.4 is 5.32 Å². The molecule has 3 rings (SSSR count). The maximum Gasteiger partial charge on any atom is 0.303 e. The summed E-state index contributed by atoms with van der Waals surface area (Å²) in [5.41, 5.74) is 3.39. The highest BCUT2D eigenvalue weighted by Crippen LogP contribution is 2.42. The molecule has 4 atom stereocenters. The van der Waals surface area contributed by atoms with Crippen molar-refractivity contribution in [2.75, 3.05) is 25.0 Å². The van der Waals surface area contributed by atoms with Gasteiger partial charge < -0.3 is 29.9 Å². The van der Waals surface area contributed by atoms with E-state index in [9.17, 15) is 14.7 Å². The molecule has 8 nitrogen and oxygen atoms in total. The van der Waals surface area contributed by atoms with Gasteiger partial charge >= 0.3 is 5.97 Å². The van der Waals surface area contributed by atoms with E-state index in [1.54, 1.807) is 0 Å². The third-order valence-electron chi connectivity index (χ3n) is 9.25. The summed E-state index contributed by atoms with van der Waals surface area (Å²) >= 11 is 0. The first-order valence-corrected chi connectivity index (χ1v) is 18.2. The number of carbonyl (C=O) groups excluding carboxylic acids is 1. The van der Waals surface area contributed by atoms with Crippen molar-refractivity contribution in [2.45, 2.75) is 136 Å². The minimum atomic E-state index is -0.996. The molecule has 2 aromatic carbocycles. The summed E-state index contributed by atoms with van der Waals surface area (Å²) in [6, 6.07) is 15.4. The van der Waals surface area contributed by atoms with Crippen LogP contribution in [0.2, 0.25) is 0 Å². The largest absolute Gasteiger partial charge is 0.481 e. The van der Waals surface area contributed by atoms with Crippen molar-refractivity contribution < 1.29 is 29.3 Å². The first kappa shape index (κ1) is 38.7. The highest BCUT2D eigenvalue weighted by molar-refractivity contribution is 5.92. The Morgan fingerprint density at radius 3 is 1.85 bits per heavy atom. The van der Waals surface area contributed by atoms with Crippen molar-refractivity contribution in [3.05, 3.63) is 65.2 Å². The monoisotopic (exact) mass is 652 g/mol. The molecule has 0 saturated carbocycles. The number of carboxylic acid groups (broad SMARTS) is 1. The molecular weight excluding hydrogens is 592 g/mol. The Bertz CT molecular complexity index is 1140. The van der Waals surface area contributed by atoms with Gasteiger partial charge in [-0.3, -0.25) is 9.59 Å². The number of rotatable bonds is 23. The Labute approximate surface area is 283 Å². The van der Waals surface area contributed by atoms with E-state index in [-0.39, 0.29) is 43.5 Å². The van der Waals surface area contributed by atoms with Crippen molar-refractivity contribution >= 4 is 17.6 Å². The van der Waals surface area contributed by atoms with Crippen molar-refractivity contribution in [1.82, 2.24) is 4.90 Å². The summed E-state index contributed by atoms with van der Waals surface area (Å²) in [6.45, 7) is 9.73. The van der Waals surface area contributed by atoms with E-state index in [1.807, 2.05) is 48.5 Å². The van der Waals surface area contributed by atoms with E-state index in [0.717, 1.165) is 36.3 Å². The molecule has 0 aliphatic carbocycles. The molecule has 262 valence electrons. The lowest BCUT2D eigenvalue weighted by molar-refractivity contribution is -0.276. The Balaban J connectivity index is 1.75. The fraction of sp³-hybridized carbons (Fsp3) is 0.641. The number of carboxylic acids is 1. The van der Waals surface area contributed by atoms with E-state index in [0.29, 0.717) is 5.69 Å². The molecular formula is C39H60N2O6. The molecule has 0 aromatic heterocycles. The standard InChI is InChI=1S/C39H60N2O6/c1-4-6-8-10-12-14-26-41(27-15-13-11-9-7-5-2)28-35-30(3)38(32-18-16-31(29-42)17-19-32)47-39(46-35)33-20-22-34(23-21-33)40-36(43)24-25-37(44)45/h16-23,30,35,38-39,42H,4-15,24-29H2,1-3H3,(H,40,43)(H,44,45)/t30-,35+,38+,39+/m0/s1. The summed E-state index contributed by atoms with van der Waals surface area (Å²) in [5, 5.41) is 21.3. The fourth-order valence-electron chi connectivity index (χ4n) is 6.28. The smallest absolute Gasteiger partial charge is 0.303 e. The predicted molar refractivity (Wildman–Crippen MR) is 188 cm³/mol. The van der Waals surface area contributed by atoms with Crippen LogP contribution in [0.5, 0.6) is 0 Å². The highest BCUT2D eigenvalue weighted by atomic mass is 16.7. The van der Waals surface area contributed by atoms with Crippen molar-refractivity contribution in [3.63, 3.8) is 0 Å². The van der Waals surface area contributed by atoms with E-state index >= 15 is 0 Å². The maximum atomic E-state index is 12.2. The summed E-state index contributed by atoms with van der Waals surface area (Å²) in [4.78, 5) is 25.6. The Morgan fingerprint density at radius 2 is 1.30 bits per heavy atom. The van der Waals surface area contributed by atoms with Crippen LogP contribution in [-0.2, 0) is 25.7 Å². The lowest BCUT2D eigenvalue weighted by Crippen LogP contribution is -2.45. The average molecular weight is 653 g/mol. The third-order valence-corrected chi connectivity index (χ3v) is 9.25. The van der Waals surface area contributed by atoms with Gasteiger partial charge in [0.1, 0.15) is 0 Å². The van der Waals surface area contributed by atoms with Crippen LogP contribution in [0.4, 0.5) is 5.69 Å². The van der Waals surface area contributed by atoms with Crippen molar-refractivity contribution in [2.24, 2.45) is 5.92 Å². The number of unbranched alkanes of at least 4 members (excludes halogenated alkanes) is 10. The zero-order valence-electron chi connectivity index (χ0n) is 29.1. The van der Waals surface area contributed by atoms with Crippen LogP contribution in [0.25, 0.3) is 0 Å². The molecule has 0 bridgehead atoms. The zero-order chi connectivity index (χ0) is 33.9. The molecule has 8 heteroatoms. The Morgan fingerprint density at radius 1 is 0.745 bits per heavy atom. The molecule has 1 saturated heterocycles. The van der Waals surface area contributed by atoms with E-state index in [2.05, 4.69) is 31.0 Å². The van der Waals surface area contributed by atoms with Gasteiger partial charge in [0.25, 0.3) is 0 Å². The van der Waals surface area contributed by atoms with Gasteiger partial charge in [-0.1, -0.05) is 121 Å². The lowest BCUT2D eigenvalue weighted by atomic mass is 9.90. The topological polar surface area (TPSA) is 108 Å². The van der Waals surface area contributed by atoms with Gasteiger partial charge in [-0.25, -0.2) is 0 Å².